The molecule has 0 radical (unpaired) electrons. The Morgan fingerprint density at radius 1 is 1.10 bits per heavy atom. The molecule has 10 nitrogen and oxygen atoms in total. The second-order valence-electron chi connectivity index (χ2n) is 6.43. The molecule has 0 bridgehead atoms. The fraction of sp³-hybridized carbons (Fsp3) is 0.250. The minimum absolute atomic E-state index is 0.0233. The van der Waals surface area contributed by atoms with Gasteiger partial charge in [0.2, 0.25) is 27.6 Å². The quantitative estimate of drug-likeness (QED) is 0.527. The van der Waals surface area contributed by atoms with E-state index in [0.717, 1.165) is 9.87 Å². The molecule has 0 atom stereocenters. The number of methoxy groups -OCH3 is 2. The van der Waals surface area contributed by atoms with Crippen molar-refractivity contribution in [3.63, 3.8) is 0 Å². The zero-order chi connectivity index (χ0) is 22.4. The lowest BCUT2D eigenvalue weighted by Gasteiger charge is -2.17. The highest BCUT2D eigenvalue weighted by atomic mass is 32.2. The van der Waals surface area contributed by atoms with E-state index in [0.29, 0.717) is 11.6 Å². The van der Waals surface area contributed by atoms with E-state index in [2.05, 4.69) is 15.5 Å². The summed E-state index contributed by atoms with van der Waals surface area (Å²) in [5.74, 6) is 0.755. The molecule has 1 heterocycles. The van der Waals surface area contributed by atoms with Crippen LogP contribution in [0.4, 0.5) is 0 Å². The van der Waals surface area contributed by atoms with E-state index in [1.54, 1.807) is 0 Å². The molecule has 0 saturated heterocycles. The van der Waals surface area contributed by atoms with E-state index in [1.807, 2.05) is 30.3 Å². The Hall–Kier alpha value is -3.44. The van der Waals surface area contributed by atoms with Gasteiger partial charge in [0, 0.05) is 18.7 Å². The number of nitrogens with one attached hydrogen (secondary N) is 1. The number of likely N-dealkylation sites (N-methyl/N-ethyl adjacent to an activating group) is 1. The fourth-order valence-corrected chi connectivity index (χ4v) is 3.85. The maximum absolute atomic E-state index is 12.8. The van der Waals surface area contributed by atoms with Crippen LogP contribution in [-0.4, -0.2) is 56.6 Å². The molecule has 0 spiro atoms. The minimum Gasteiger partial charge on any atom is -0.493 e. The lowest BCUT2D eigenvalue weighted by Crippen LogP contribution is -2.38. The zero-order valence-corrected chi connectivity index (χ0v) is 18.0. The second-order valence-corrected chi connectivity index (χ2v) is 8.48. The van der Waals surface area contributed by atoms with Crippen molar-refractivity contribution in [1.82, 2.24) is 19.8 Å². The first-order valence-corrected chi connectivity index (χ1v) is 10.6. The van der Waals surface area contributed by atoms with Gasteiger partial charge in [-0.25, -0.2) is 8.42 Å². The van der Waals surface area contributed by atoms with Crippen molar-refractivity contribution in [2.45, 2.75) is 11.4 Å². The van der Waals surface area contributed by atoms with Crippen molar-refractivity contribution < 1.29 is 27.2 Å². The van der Waals surface area contributed by atoms with Gasteiger partial charge >= 0.3 is 0 Å². The fourth-order valence-electron chi connectivity index (χ4n) is 2.71. The molecule has 0 aliphatic rings. The van der Waals surface area contributed by atoms with Crippen LogP contribution in [0.3, 0.4) is 0 Å². The van der Waals surface area contributed by atoms with Crippen molar-refractivity contribution in [3.05, 3.63) is 54.4 Å². The van der Waals surface area contributed by atoms with Crippen molar-refractivity contribution in [2.75, 3.05) is 27.8 Å². The van der Waals surface area contributed by atoms with Crippen LogP contribution in [0.15, 0.2) is 57.9 Å². The Bertz CT molecular complexity index is 1150. The lowest BCUT2D eigenvalue weighted by molar-refractivity contribution is -0.121. The molecule has 0 aliphatic heterocycles. The second kappa shape index (κ2) is 9.58. The molecule has 3 aromatic rings. The SMILES string of the molecule is COc1ccc(S(=O)(=O)N(C)CC(=O)NCc2nc(-c3ccccc3)no2)cc1OC. The summed E-state index contributed by atoms with van der Waals surface area (Å²) in [5, 5.41) is 6.44. The van der Waals surface area contributed by atoms with Gasteiger partial charge in [0.25, 0.3) is 0 Å². The van der Waals surface area contributed by atoms with Crippen LogP contribution < -0.4 is 14.8 Å². The molecule has 164 valence electrons. The van der Waals surface area contributed by atoms with Gasteiger partial charge in [0.1, 0.15) is 0 Å². The van der Waals surface area contributed by atoms with Crippen molar-refractivity contribution in [3.8, 4) is 22.9 Å². The summed E-state index contributed by atoms with van der Waals surface area (Å²) in [5.41, 5.74) is 0.782. The monoisotopic (exact) mass is 446 g/mol. The van der Waals surface area contributed by atoms with Gasteiger partial charge in [0.05, 0.1) is 32.2 Å². The number of sulfonamides is 1. The van der Waals surface area contributed by atoms with E-state index in [-0.39, 0.29) is 23.1 Å². The Balaban J connectivity index is 1.61. The molecule has 0 unspecified atom stereocenters. The van der Waals surface area contributed by atoms with Gasteiger partial charge < -0.3 is 19.3 Å². The topological polar surface area (TPSA) is 124 Å². The first-order valence-electron chi connectivity index (χ1n) is 9.18. The summed E-state index contributed by atoms with van der Waals surface area (Å²) in [7, 11) is 0.252. The average Bonchev–Trinajstić information content (AvgIpc) is 3.26. The largest absolute Gasteiger partial charge is 0.493 e. The van der Waals surface area contributed by atoms with Crippen molar-refractivity contribution in [1.29, 1.82) is 0 Å². The number of carbonyl (C=O) groups excluding carboxylic acids is 1. The highest BCUT2D eigenvalue weighted by Gasteiger charge is 2.24. The van der Waals surface area contributed by atoms with Crippen LogP contribution in [0.1, 0.15) is 5.89 Å². The molecule has 1 amide bonds. The normalized spacial score (nSPS) is 11.4. The Morgan fingerprint density at radius 3 is 2.48 bits per heavy atom. The Kier molecular flexibility index (Phi) is 6.88. The summed E-state index contributed by atoms with van der Waals surface area (Å²) in [6, 6.07) is 13.4. The summed E-state index contributed by atoms with van der Waals surface area (Å²) in [6.07, 6.45) is 0. The molecule has 11 heteroatoms. The van der Waals surface area contributed by atoms with Crippen molar-refractivity contribution >= 4 is 15.9 Å². The Labute approximate surface area is 179 Å². The molecule has 1 N–H and O–H groups in total. The number of nitrogens with zero attached hydrogens (tertiary/aromatic N) is 3. The van der Waals surface area contributed by atoms with Gasteiger partial charge in [-0.05, 0) is 12.1 Å². The summed E-state index contributed by atoms with van der Waals surface area (Å²) >= 11 is 0. The number of rotatable bonds is 9. The molecular weight excluding hydrogens is 424 g/mol. The average molecular weight is 446 g/mol. The lowest BCUT2D eigenvalue weighted by atomic mass is 10.2. The summed E-state index contributed by atoms with van der Waals surface area (Å²) < 4.78 is 41.9. The van der Waals surface area contributed by atoms with Crippen LogP contribution in [-0.2, 0) is 21.4 Å². The predicted molar refractivity (Wildman–Crippen MR) is 111 cm³/mol. The van der Waals surface area contributed by atoms with E-state index in [4.69, 9.17) is 14.0 Å². The van der Waals surface area contributed by atoms with Crippen LogP contribution in [0.25, 0.3) is 11.4 Å². The Morgan fingerprint density at radius 2 is 1.81 bits per heavy atom. The first kappa shape index (κ1) is 22.2. The van der Waals surface area contributed by atoms with Gasteiger partial charge in [-0.15, -0.1) is 0 Å². The number of carbonyl (C=O) groups is 1. The standard InChI is InChI=1S/C20H22N4O6S/c1-24(31(26,27)15-9-10-16(28-2)17(11-15)29-3)13-18(25)21-12-19-22-20(23-30-19)14-7-5-4-6-8-14/h4-11H,12-13H2,1-3H3,(H,21,25). The van der Waals surface area contributed by atoms with Crippen LogP contribution in [0, 0.1) is 0 Å². The number of hydrogen-bond acceptors (Lipinski definition) is 8. The third kappa shape index (κ3) is 5.19. The molecule has 1 aromatic heterocycles. The molecule has 0 saturated carbocycles. The van der Waals surface area contributed by atoms with Crippen LogP contribution in [0.2, 0.25) is 0 Å². The molecule has 3 rings (SSSR count). The third-order valence-electron chi connectivity index (χ3n) is 4.37. The molecule has 2 aromatic carbocycles. The molecule has 31 heavy (non-hydrogen) atoms. The maximum atomic E-state index is 12.8. The highest BCUT2D eigenvalue weighted by molar-refractivity contribution is 7.89. The molecule has 0 aliphatic carbocycles. The number of amides is 1. The molecule has 0 fully saturated rings. The van der Waals surface area contributed by atoms with E-state index in [9.17, 15) is 13.2 Å². The van der Waals surface area contributed by atoms with Gasteiger partial charge in [-0.1, -0.05) is 35.5 Å². The smallest absolute Gasteiger partial charge is 0.246 e. The number of ether oxygens (including phenoxy) is 2. The first-order chi connectivity index (χ1) is 14.8. The minimum atomic E-state index is -3.92. The molecular formula is C20H22N4O6S. The zero-order valence-electron chi connectivity index (χ0n) is 17.2. The van der Waals surface area contributed by atoms with Gasteiger partial charge in [-0.3, -0.25) is 4.79 Å². The van der Waals surface area contributed by atoms with Gasteiger partial charge in [0.15, 0.2) is 11.5 Å². The third-order valence-corrected chi connectivity index (χ3v) is 6.17. The summed E-state index contributed by atoms with van der Waals surface area (Å²) in [4.78, 5) is 16.4. The predicted octanol–water partition coefficient (Wildman–Crippen LogP) is 1.69. The van der Waals surface area contributed by atoms with Crippen molar-refractivity contribution in [2.24, 2.45) is 0 Å². The van der Waals surface area contributed by atoms with Gasteiger partial charge in [-0.2, -0.15) is 9.29 Å². The van der Waals surface area contributed by atoms with E-state index < -0.39 is 22.5 Å². The summed E-state index contributed by atoms with van der Waals surface area (Å²) in [6.45, 7) is -0.417. The van der Waals surface area contributed by atoms with E-state index in [1.165, 1.54) is 39.5 Å². The number of aromatic nitrogens is 2. The van der Waals surface area contributed by atoms with Crippen LogP contribution in [0.5, 0.6) is 11.5 Å². The maximum Gasteiger partial charge on any atom is 0.246 e. The highest BCUT2D eigenvalue weighted by Crippen LogP contribution is 2.30. The number of hydrogen-bond donors (Lipinski definition) is 1. The van der Waals surface area contributed by atoms with E-state index >= 15 is 0 Å². The van der Waals surface area contributed by atoms with Crippen LogP contribution >= 0.6 is 0 Å². The number of benzene rings is 2.